The number of esters is 2. The van der Waals surface area contributed by atoms with Crippen LogP contribution < -0.4 is 5.32 Å². The zero-order chi connectivity index (χ0) is 23.4. The first kappa shape index (κ1) is 22.5. The van der Waals surface area contributed by atoms with E-state index >= 15 is 0 Å². The number of pyridine rings is 1. The van der Waals surface area contributed by atoms with Crippen LogP contribution in [-0.2, 0) is 14.3 Å². The number of furan rings is 1. The summed E-state index contributed by atoms with van der Waals surface area (Å²) in [6.07, 6.45) is 1.71. The standard InChI is InChI=1S/C24H23N3O5S/c1-3-31-20(28)14-27-22(21(26-24(27)33)17-6-4-5-13-25-17)19-12-11-18(32-19)15-7-9-16(10-8-15)23(29)30-2/h4-13,21-22H,3,14H2,1-2H3,(H,26,33)/t21-,22+/m0/s1. The minimum Gasteiger partial charge on any atom is -0.465 e. The number of carbonyl (C=O) groups excluding carboxylic acids is 2. The second-order valence-corrected chi connectivity index (χ2v) is 7.72. The number of carbonyl (C=O) groups is 2. The third kappa shape index (κ3) is 4.73. The van der Waals surface area contributed by atoms with Crippen molar-refractivity contribution >= 4 is 29.3 Å². The Balaban J connectivity index is 1.67. The van der Waals surface area contributed by atoms with E-state index in [1.807, 2.05) is 30.3 Å². The highest BCUT2D eigenvalue weighted by Gasteiger charge is 2.42. The minimum atomic E-state index is -0.403. The second kappa shape index (κ2) is 9.83. The first-order valence-electron chi connectivity index (χ1n) is 10.4. The molecule has 0 unspecified atom stereocenters. The maximum absolute atomic E-state index is 12.3. The lowest BCUT2D eigenvalue weighted by atomic mass is 10.0. The fraction of sp³-hybridized carbons (Fsp3) is 0.250. The van der Waals surface area contributed by atoms with Gasteiger partial charge in [-0.15, -0.1) is 0 Å². The van der Waals surface area contributed by atoms with Gasteiger partial charge in [-0.05, 0) is 55.5 Å². The molecule has 2 aromatic heterocycles. The van der Waals surface area contributed by atoms with Crippen molar-refractivity contribution in [1.82, 2.24) is 15.2 Å². The molecule has 0 bridgehead atoms. The molecule has 1 fully saturated rings. The average Bonchev–Trinajstić information content (AvgIpc) is 3.44. The van der Waals surface area contributed by atoms with Gasteiger partial charge < -0.3 is 24.1 Å². The lowest BCUT2D eigenvalue weighted by Crippen LogP contribution is -2.35. The normalized spacial score (nSPS) is 17.5. The van der Waals surface area contributed by atoms with Crippen LogP contribution in [0, 0.1) is 0 Å². The van der Waals surface area contributed by atoms with Crippen molar-refractivity contribution in [2.24, 2.45) is 0 Å². The van der Waals surface area contributed by atoms with Gasteiger partial charge in [0.1, 0.15) is 24.1 Å². The molecule has 1 aromatic carbocycles. The lowest BCUT2D eigenvalue weighted by Gasteiger charge is -2.25. The fourth-order valence-electron chi connectivity index (χ4n) is 3.79. The van der Waals surface area contributed by atoms with Crippen LogP contribution in [-0.4, -0.2) is 47.2 Å². The maximum Gasteiger partial charge on any atom is 0.337 e. The van der Waals surface area contributed by atoms with Crippen molar-refractivity contribution in [2.45, 2.75) is 19.0 Å². The van der Waals surface area contributed by atoms with E-state index in [4.69, 9.17) is 26.1 Å². The molecule has 0 amide bonds. The number of hydrogen-bond donors (Lipinski definition) is 1. The van der Waals surface area contributed by atoms with Gasteiger partial charge in [0.25, 0.3) is 0 Å². The number of benzene rings is 1. The average molecular weight is 466 g/mol. The Hall–Kier alpha value is -3.72. The van der Waals surface area contributed by atoms with Gasteiger partial charge in [0.05, 0.1) is 31.0 Å². The summed E-state index contributed by atoms with van der Waals surface area (Å²) in [6.45, 7) is 2.03. The quantitative estimate of drug-likeness (QED) is 0.414. The number of aromatic nitrogens is 1. The molecule has 4 rings (SSSR count). The molecule has 2 atom stereocenters. The van der Waals surface area contributed by atoms with Gasteiger partial charge in [0, 0.05) is 11.8 Å². The highest BCUT2D eigenvalue weighted by atomic mass is 32.1. The highest BCUT2D eigenvalue weighted by molar-refractivity contribution is 7.80. The topological polar surface area (TPSA) is 93.9 Å². The smallest absolute Gasteiger partial charge is 0.337 e. The lowest BCUT2D eigenvalue weighted by molar-refractivity contribution is -0.143. The van der Waals surface area contributed by atoms with E-state index in [1.54, 1.807) is 42.3 Å². The van der Waals surface area contributed by atoms with E-state index in [9.17, 15) is 9.59 Å². The third-order valence-corrected chi connectivity index (χ3v) is 5.66. The van der Waals surface area contributed by atoms with E-state index in [2.05, 4.69) is 10.3 Å². The number of rotatable bonds is 7. The SMILES string of the molecule is CCOC(=O)CN1C(=S)N[C@@H](c2ccccn2)[C@H]1c1ccc(-c2ccc(C(=O)OC)cc2)o1. The van der Waals surface area contributed by atoms with Crippen LogP contribution >= 0.6 is 12.2 Å². The van der Waals surface area contributed by atoms with Crippen molar-refractivity contribution in [1.29, 1.82) is 0 Å². The summed E-state index contributed by atoms with van der Waals surface area (Å²) in [6, 6.07) is 15.6. The summed E-state index contributed by atoms with van der Waals surface area (Å²) >= 11 is 5.54. The molecule has 9 heteroatoms. The van der Waals surface area contributed by atoms with E-state index in [-0.39, 0.29) is 25.2 Å². The molecule has 0 aliphatic carbocycles. The summed E-state index contributed by atoms with van der Waals surface area (Å²) in [5.41, 5.74) is 2.03. The van der Waals surface area contributed by atoms with Crippen molar-refractivity contribution in [3.8, 4) is 11.3 Å². The summed E-state index contributed by atoms with van der Waals surface area (Å²) in [5.74, 6) is 0.461. The first-order chi connectivity index (χ1) is 16.0. The zero-order valence-corrected chi connectivity index (χ0v) is 19.0. The van der Waals surface area contributed by atoms with E-state index in [0.29, 0.717) is 22.2 Å². The third-order valence-electron chi connectivity index (χ3n) is 5.31. The molecule has 1 saturated heterocycles. The van der Waals surface area contributed by atoms with Crippen molar-refractivity contribution in [3.05, 3.63) is 77.8 Å². The molecule has 3 heterocycles. The van der Waals surface area contributed by atoms with E-state index < -0.39 is 12.0 Å². The Morgan fingerprint density at radius 1 is 1.15 bits per heavy atom. The van der Waals surface area contributed by atoms with Crippen molar-refractivity contribution in [2.75, 3.05) is 20.3 Å². The molecule has 0 spiro atoms. The molecule has 0 saturated carbocycles. The summed E-state index contributed by atoms with van der Waals surface area (Å²) < 4.78 is 16.1. The van der Waals surface area contributed by atoms with Crippen LogP contribution in [0.25, 0.3) is 11.3 Å². The zero-order valence-electron chi connectivity index (χ0n) is 18.2. The number of nitrogens with zero attached hydrogens (tertiary/aromatic N) is 2. The molecule has 3 aromatic rings. The number of thiocarbonyl (C=S) groups is 1. The summed E-state index contributed by atoms with van der Waals surface area (Å²) in [4.78, 5) is 30.2. The van der Waals surface area contributed by atoms with Crippen LogP contribution in [0.5, 0.6) is 0 Å². The molecule has 1 aliphatic heterocycles. The van der Waals surface area contributed by atoms with Gasteiger partial charge >= 0.3 is 11.9 Å². The van der Waals surface area contributed by atoms with Gasteiger partial charge in [-0.3, -0.25) is 9.78 Å². The largest absolute Gasteiger partial charge is 0.465 e. The van der Waals surface area contributed by atoms with Gasteiger partial charge in [-0.25, -0.2) is 4.79 Å². The first-order valence-corrected chi connectivity index (χ1v) is 10.8. The molecule has 170 valence electrons. The number of hydrogen-bond acceptors (Lipinski definition) is 7. The molecular weight excluding hydrogens is 442 g/mol. The Morgan fingerprint density at radius 3 is 2.61 bits per heavy atom. The Kier molecular flexibility index (Phi) is 6.69. The molecule has 1 aliphatic rings. The Bertz CT molecular complexity index is 1150. The van der Waals surface area contributed by atoms with Gasteiger partial charge in [-0.2, -0.15) is 0 Å². The van der Waals surface area contributed by atoms with Crippen molar-refractivity contribution < 1.29 is 23.5 Å². The van der Waals surface area contributed by atoms with E-state index in [0.717, 1.165) is 11.3 Å². The van der Waals surface area contributed by atoms with Crippen molar-refractivity contribution in [3.63, 3.8) is 0 Å². The number of nitrogens with one attached hydrogen (secondary N) is 1. The van der Waals surface area contributed by atoms with Crippen LogP contribution in [0.1, 0.15) is 40.8 Å². The highest BCUT2D eigenvalue weighted by Crippen LogP contribution is 2.40. The van der Waals surface area contributed by atoms with Gasteiger partial charge in [0.2, 0.25) is 0 Å². The summed E-state index contributed by atoms with van der Waals surface area (Å²) in [7, 11) is 1.34. The van der Waals surface area contributed by atoms with Crippen LogP contribution in [0.3, 0.4) is 0 Å². The Morgan fingerprint density at radius 2 is 1.94 bits per heavy atom. The summed E-state index contributed by atoms with van der Waals surface area (Å²) in [5, 5.41) is 3.69. The van der Waals surface area contributed by atoms with Gasteiger partial charge in [-0.1, -0.05) is 18.2 Å². The molecule has 33 heavy (non-hydrogen) atoms. The van der Waals surface area contributed by atoms with Crippen LogP contribution in [0.15, 0.2) is 65.2 Å². The molecule has 0 radical (unpaired) electrons. The predicted molar refractivity (Wildman–Crippen MR) is 124 cm³/mol. The number of ether oxygens (including phenoxy) is 2. The molecular formula is C24H23N3O5S. The minimum absolute atomic E-state index is 0.0163. The van der Waals surface area contributed by atoms with E-state index in [1.165, 1.54) is 7.11 Å². The monoisotopic (exact) mass is 465 g/mol. The predicted octanol–water partition coefficient (Wildman–Crippen LogP) is 3.66. The van der Waals surface area contributed by atoms with Gasteiger partial charge in [0.15, 0.2) is 5.11 Å². The van der Waals surface area contributed by atoms with Crippen LogP contribution in [0.2, 0.25) is 0 Å². The Labute approximate surface area is 196 Å². The number of methoxy groups -OCH3 is 1. The second-order valence-electron chi connectivity index (χ2n) is 7.33. The molecule has 1 N–H and O–H groups in total. The molecule has 8 nitrogen and oxygen atoms in total. The van der Waals surface area contributed by atoms with Crippen LogP contribution in [0.4, 0.5) is 0 Å². The maximum atomic E-state index is 12.3. The fourth-order valence-corrected chi connectivity index (χ4v) is 4.09.